The van der Waals surface area contributed by atoms with Gasteiger partial charge in [0.05, 0.1) is 10.3 Å². The van der Waals surface area contributed by atoms with Crippen LogP contribution in [0.4, 0.5) is 0 Å². The Morgan fingerprint density at radius 3 is 2.82 bits per heavy atom. The average molecular weight is 311 g/mol. The molecular weight excluding hydrogens is 298 g/mol. The fourth-order valence-corrected chi connectivity index (χ4v) is 3.64. The van der Waals surface area contributed by atoms with Gasteiger partial charge in [-0.05, 0) is 30.1 Å². The smallest absolute Gasteiger partial charge is 0.261 e. The third-order valence-corrected chi connectivity index (χ3v) is 4.83. The van der Waals surface area contributed by atoms with Crippen molar-refractivity contribution in [2.75, 3.05) is 6.54 Å². The van der Waals surface area contributed by atoms with E-state index in [1.165, 1.54) is 16.4 Å². The van der Waals surface area contributed by atoms with Crippen LogP contribution in [0.2, 0.25) is 0 Å². The molecule has 1 aromatic heterocycles. The predicted molar refractivity (Wildman–Crippen MR) is 85.2 cm³/mol. The number of nitrogens with zero attached hydrogens (tertiary/aromatic N) is 3. The van der Waals surface area contributed by atoms with Crippen molar-refractivity contribution < 1.29 is 9.59 Å². The van der Waals surface area contributed by atoms with Crippen LogP contribution >= 0.6 is 11.5 Å². The number of rotatable bonds is 3. The first-order valence-electron chi connectivity index (χ1n) is 7.26. The van der Waals surface area contributed by atoms with Crippen LogP contribution in [0, 0.1) is 0 Å². The van der Waals surface area contributed by atoms with Crippen LogP contribution in [0.5, 0.6) is 0 Å². The molecule has 0 N–H and O–H groups in total. The van der Waals surface area contributed by atoms with Gasteiger partial charge in [-0.15, -0.1) is 5.10 Å². The lowest BCUT2D eigenvalue weighted by Gasteiger charge is -2.27. The van der Waals surface area contributed by atoms with Gasteiger partial charge in [0.2, 0.25) is 0 Å². The Bertz CT molecular complexity index is 932. The molecule has 1 aliphatic heterocycles. The Labute approximate surface area is 130 Å². The summed E-state index contributed by atoms with van der Waals surface area (Å²) in [6, 6.07) is 7.33. The van der Waals surface area contributed by atoms with Crippen LogP contribution in [0.3, 0.4) is 0 Å². The van der Waals surface area contributed by atoms with Crippen LogP contribution in [0.15, 0.2) is 24.3 Å². The summed E-state index contributed by atoms with van der Waals surface area (Å²) in [5.74, 6) is -0.426. The zero-order valence-electron chi connectivity index (χ0n) is 12.0. The zero-order chi connectivity index (χ0) is 15.3. The van der Waals surface area contributed by atoms with Crippen molar-refractivity contribution >= 4 is 44.3 Å². The predicted octanol–water partition coefficient (Wildman–Crippen LogP) is 3.24. The second-order valence-corrected chi connectivity index (χ2v) is 6.14. The molecule has 0 saturated heterocycles. The highest BCUT2D eigenvalue weighted by Crippen LogP contribution is 2.36. The lowest BCUT2D eigenvalue weighted by atomic mass is 9.93. The van der Waals surface area contributed by atoms with Gasteiger partial charge in [-0.1, -0.05) is 30.0 Å². The van der Waals surface area contributed by atoms with E-state index in [0.717, 1.165) is 28.3 Å². The third-order valence-electron chi connectivity index (χ3n) is 4.06. The molecular formula is C16H13N3O2S. The highest BCUT2D eigenvalue weighted by Gasteiger charge is 2.33. The Morgan fingerprint density at radius 2 is 2.00 bits per heavy atom. The van der Waals surface area contributed by atoms with Crippen LogP contribution in [-0.4, -0.2) is 32.8 Å². The van der Waals surface area contributed by atoms with Gasteiger partial charge >= 0.3 is 0 Å². The van der Waals surface area contributed by atoms with E-state index in [9.17, 15) is 9.59 Å². The monoisotopic (exact) mass is 311 g/mol. The lowest BCUT2D eigenvalue weighted by molar-refractivity contribution is 0.0608. The second-order valence-electron chi connectivity index (χ2n) is 5.39. The summed E-state index contributed by atoms with van der Waals surface area (Å²) in [6.07, 6.45) is 1.74. The molecule has 0 aliphatic carbocycles. The Hall–Kier alpha value is -2.34. The fourth-order valence-electron chi connectivity index (χ4n) is 2.97. The maximum absolute atomic E-state index is 12.7. The summed E-state index contributed by atoms with van der Waals surface area (Å²) in [7, 11) is 0. The van der Waals surface area contributed by atoms with Crippen molar-refractivity contribution in [3.05, 3.63) is 35.4 Å². The number of aromatic nitrogens is 2. The standard InChI is InChI=1S/C16H13N3O2S/c1-2-3-7-19-15(20)10-6-4-5-9-13(10)11(16(19)21)8-12-14(9)22-18-17-12/h4-6,8H,2-3,7H2,1H3. The van der Waals surface area contributed by atoms with E-state index in [1.807, 2.05) is 19.1 Å². The average Bonchev–Trinajstić information content (AvgIpc) is 3.01. The minimum absolute atomic E-state index is 0.201. The molecule has 0 unspecified atom stereocenters. The van der Waals surface area contributed by atoms with Crippen LogP contribution in [-0.2, 0) is 0 Å². The molecule has 2 aromatic carbocycles. The molecule has 2 amide bonds. The van der Waals surface area contributed by atoms with Crippen LogP contribution < -0.4 is 0 Å². The first kappa shape index (κ1) is 13.3. The van der Waals surface area contributed by atoms with Gasteiger partial charge in [0, 0.05) is 22.9 Å². The quantitative estimate of drug-likeness (QED) is 0.697. The molecule has 0 bridgehead atoms. The topological polar surface area (TPSA) is 63.2 Å². The number of benzene rings is 2. The summed E-state index contributed by atoms with van der Waals surface area (Å²) >= 11 is 1.29. The number of amides is 2. The number of hydrogen-bond donors (Lipinski definition) is 0. The fraction of sp³-hybridized carbons (Fsp3) is 0.250. The SMILES string of the molecule is CCCCN1C(=O)c2cccc3c2c(cc2nnsc23)C1=O. The largest absolute Gasteiger partial charge is 0.274 e. The van der Waals surface area contributed by atoms with Gasteiger partial charge in [0.15, 0.2) is 0 Å². The van der Waals surface area contributed by atoms with Gasteiger partial charge in [-0.25, -0.2) is 0 Å². The van der Waals surface area contributed by atoms with Crippen molar-refractivity contribution in [2.45, 2.75) is 19.8 Å². The Kier molecular flexibility index (Phi) is 2.94. The molecule has 0 saturated carbocycles. The molecule has 110 valence electrons. The molecule has 4 rings (SSSR count). The van der Waals surface area contributed by atoms with Gasteiger partial charge in [0.1, 0.15) is 5.52 Å². The van der Waals surface area contributed by atoms with E-state index in [2.05, 4.69) is 9.59 Å². The van der Waals surface area contributed by atoms with Crippen molar-refractivity contribution in [1.29, 1.82) is 0 Å². The maximum atomic E-state index is 12.7. The first-order chi connectivity index (χ1) is 10.7. The van der Waals surface area contributed by atoms with E-state index in [-0.39, 0.29) is 11.8 Å². The van der Waals surface area contributed by atoms with Gasteiger partial charge in [-0.2, -0.15) is 0 Å². The first-order valence-corrected chi connectivity index (χ1v) is 8.03. The van der Waals surface area contributed by atoms with Crippen molar-refractivity contribution in [1.82, 2.24) is 14.5 Å². The normalized spacial score (nSPS) is 14.3. The minimum atomic E-state index is -0.225. The van der Waals surface area contributed by atoms with E-state index >= 15 is 0 Å². The van der Waals surface area contributed by atoms with E-state index < -0.39 is 0 Å². The summed E-state index contributed by atoms with van der Waals surface area (Å²) in [5.41, 5.74) is 1.86. The summed E-state index contributed by atoms with van der Waals surface area (Å²) < 4.78 is 4.89. The number of imide groups is 1. The molecule has 2 heterocycles. The Morgan fingerprint density at radius 1 is 1.18 bits per heavy atom. The highest BCUT2D eigenvalue weighted by molar-refractivity contribution is 7.14. The summed E-state index contributed by atoms with van der Waals surface area (Å²) in [5, 5.41) is 5.71. The van der Waals surface area contributed by atoms with E-state index in [0.29, 0.717) is 23.2 Å². The molecule has 5 nitrogen and oxygen atoms in total. The van der Waals surface area contributed by atoms with Gasteiger partial charge in [-0.3, -0.25) is 14.5 Å². The molecule has 0 spiro atoms. The molecule has 3 aromatic rings. The lowest BCUT2D eigenvalue weighted by Crippen LogP contribution is -2.40. The van der Waals surface area contributed by atoms with Crippen LogP contribution in [0.1, 0.15) is 40.5 Å². The molecule has 1 aliphatic rings. The van der Waals surface area contributed by atoms with Gasteiger partial charge in [0.25, 0.3) is 11.8 Å². The Balaban J connectivity index is 2.04. The number of hydrogen-bond acceptors (Lipinski definition) is 5. The molecule has 22 heavy (non-hydrogen) atoms. The van der Waals surface area contributed by atoms with E-state index in [4.69, 9.17) is 0 Å². The number of unbranched alkanes of at least 4 members (excludes halogenated alkanes) is 1. The summed E-state index contributed by atoms with van der Waals surface area (Å²) in [6.45, 7) is 2.50. The van der Waals surface area contributed by atoms with Crippen LogP contribution in [0.25, 0.3) is 21.0 Å². The molecule has 0 fully saturated rings. The molecule has 0 atom stereocenters. The third kappa shape index (κ3) is 1.70. The number of fused-ring (bicyclic) bond motifs is 2. The number of carbonyl (C=O) groups excluding carboxylic acids is 2. The van der Waals surface area contributed by atoms with Crippen molar-refractivity contribution in [3.63, 3.8) is 0 Å². The minimum Gasteiger partial charge on any atom is -0.274 e. The summed E-state index contributed by atoms with van der Waals surface area (Å²) in [4.78, 5) is 26.8. The number of carbonyl (C=O) groups is 2. The van der Waals surface area contributed by atoms with Gasteiger partial charge < -0.3 is 0 Å². The van der Waals surface area contributed by atoms with Crippen molar-refractivity contribution in [3.8, 4) is 0 Å². The zero-order valence-corrected chi connectivity index (χ0v) is 12.8. The second kappa shape index (κ2) is 4.84. The molecule has 0 radical (unpaired) electrons. The van der Waals surface area contributed by atoms with Crippen molar-refractivity contribution in [2.24, 2.45) is 0 Å². The molecule has 6 heteroatoms. The maximum Gasteiger partial charge on any atom is 0.261 e. The van der Waals surface area contributed by atoms with E-state index in [1.54, 1.807) is 12.1 Å². The highest BCUT2D eigenvalue weighted by atomic mass is 32.1.